The molecule has 0 aliphatic heterocycles. The van der Waals surface area contributed by atoms with Gasteiger partial charge in [0.05, 0.1) is 11.1 Å². The number of nitrogens with one attached hydrogen (secondary N) is 1. The second-order valence-electron chi connectivity index (χ2n) is 5.94. The Hall–Kier alpha value is -2.59. The van der Waals surface area contributed by atoms with E-state index in [4.69, 9.17) is 0 Å². The van der Waals surface area contributed by atoms with E-state index in [-0.39, 0.29) is 5.56 Å². The van der Waals surface area contributed by atoms with Gasteiger partial charge < -0.3 is 5.32 Å². The van der Waals surface area contributed by atoms with Crippen molar-refractivity contribution >= 4 is 27.8 Å². The Bertz CT molecular complexity index is 892. The SMILES string of the molecule is N#Cc1c(NC(=O)/C=C(\c2ccccc2)C(F)(F)F)sc2c1CCCC2. The molecule has 3 nitrogen and oxygen atoms in total. The predicted molar refractivity (Wildman–Crippen MR) is 94.8 cm³/mol. The minimum atomic E-state index is -4.66. The summed E-state index contributed by atoms with van der Waals surface area (Å²) in [6.45, 7) is 0. The summed E-state index contributed by atoms with van der Waals surface area (Å²) in [6.07, 6.45) is -0.535. The Labute approximate surface area is 152 Å². The van der Waals surface area contributed by atoms with Crippen molar-refractivity contribution in [2.45, 2.75) is 31.9 Å². The zero-order valence-electron chi connectivity index (χ0n) is 13.7. The van der Waals surface area contributed by atoms with Gasteiger partial charge >= 0.3 is 6.18 Å². The third-order valence-corrected chi connectivity index (χ3v) is 5.39. The third kappa shape index (κ3) is 3.81. The highest BCUT2D eigenvalue weighted by Crippen LogP contribution is 2.38. The number of nitrogens with zero attached hydrogens (tertiary/aromatic N) is 1. The van der Waals surface area contributed by atoms with Crippen LogP contribution in [0.15, 0.2) is 36.4 Å². The van der Waals surface area contributed by atoms with Crippen molar-refractivity contribution < 1.29 is 18.0 Å². The molecule has 1 N–H and O–H groups in total. The fraction of sp³-hybridized carbons (Fsp3) is 0.263. The van der Waals surface area contributed by atoms with Gasteiger partial charge in [-0.3, -0.25) is 4.79 Å². The maximum absolute atomic E-state index is 13.3. The normalized spacial score (nSPS) is 14.5. The summed E-state index contributed by atoms with van der Waals surface area (Å²) < 4.78 is 40.0. The highest BCUT2D eigenvalue weighted by Gasteiger charge is 2.35. The number of rotatable bonds is 3. The molecule has 134 valence electrons. The van der Waals surface area contributed by atoms with Crippen molar-refractivity contribution in [3.8, 4) is 6.07 Å². The van der Waals surface area contributed by atoms with E-state index in [1.165, 1.54) is 35.6 Å². The Morgan fingerprint density at radius 3 is 2.54 bits per heavy atom. The topological polar surface area (TPSA) is 52.9 Å². The Kier molecular flexibility index (Phi) is 5.14. The number of benzene rings is 1. The molecule has 2 aromatic rings. The van der Waals surface area contributed by atoms with E-state index in [9.17, 15) is 23.2 Å². The number of amides is 1. The third-order valence-electron chi connectivity index (χ3n) is 4.19. The van der Waals surface area contributed by atoms with Gasteiger partial charge in [0.15, 0.2) is 0 Å². The lowest BCUT2D eigenvalue weighted by Crippen LogP contribution is -2.16. The summed E-state index contributed by atoms with van der Waals surface area (Å²) in [5.41, 5.74) is 0.193. The van der Waals surface area contributed by atoms with Crippen molar-refractivity contribution in [1.82, 2.24) is 0 Å². The van der Waals surface area contributed by atoms with E-state index in [0.29, 0.717) is 16.6 Å². The standard InChI is InChI=1S/C19H15F3N2OS/c20-19(21,22)15(12-6-2-1-3-7-12)10-17(25)24-18-14(11-23)13-8-4-5-9-16(13)26-18/h1-3,6-7,10H,4-5,8-9H2,(H,24,25)/b15-10+. The van der Waals surface area contributed by atoms with Crippen LogP contribution in [-0.2, 0) is 17.6 Å². The van der Waals surface area contributed by atoms with Gasteiger partial charge in [-0.2, -0.15) is 18.4 Å². The molecule has 7 heteroatoms. The van der Waals surface area contributed by atoms with Crippen LogP contribution in [0.1, 0.15) is 34.4 Å². The molecule has 1 amide bonds. The van der Waals surface area contributed by atoms with Gasteiger partial charge in [0.25, 0.3) is 0 Å². The Morgan fingerprint density at radius 1 is 1.19 bits per heavy atom. The van der Waals surface area contributed by atoms with Crippen LogP contribution in [0, 0.1) is 11.3 Å². The molecule has 1 heterocycles. The van der Waals surface area contributed by atoms with Gasteiger partial charge in [0, 0.05) is 11.0 Å². The fourth-order valence-corrected chi connectivity index (χ4v) is 4.24. The Morgan fingerprint density at radius 2 is 1.88 bits per heavy atom. The van der Waals surface area contributed by atoms with Crippen molar-refractivity contribution in [2.75, 3.05) is 5.32 Å². The molecule has 1 aliphatic carbocycles. The van der Waals surface area contributed by atoms with Crippen LogP contribution in [0.2, 0.25) is 0 Å². The molecule has 0 unspecified atom stereocenters. The number of hydrogen-bond acceptors (Lipinski definition) is 3. The molecule has 1 aromatic heterocycles. The first-order valence-electron chi connectivity index (χ1n) is 8.10. The molecule has 0 bridgehead atoms. The van der Waals surface area contributed by atoms with Crippen LogP contribution in [-0.4, -0.2) is 12.1 Å². The van der Waals surface area contributed by atoms with E-state index in [1.54, 1.807) is 6.07 Å². The number of alkyl halides is 3. The van der Waals surface area contributed by atoms with Crippen LogP contribution in [0.3, 0.4) is 0 Å². The lowest BCUT2D eigenvalue weighted by atomic mass is 9.96. The number of carbonyl (C=O) groups excluding carboxylic acids is 1. The number of carbonyl (C=O) groups is 1. The highest BCUT2D eigenvalue weighted by atomic mass is 32.1. The number of thiophene rings is 1. The van der Waals surface area contributed by atoms with Crippen LogP contribution in [0.4, 0.5) is 18.2 Å². The summed E-state index contributed by atoms with van der Waals surface area (Å²) in [5, 5.41) is 12.2. The van der Waals surface area contributed by atoms with Crippen molar-refractivity contribution in [3.05, 3.63) is 58.0 Å². The minimum Gasteiger partial charge on any atom is -0.313 e. The lowest BCUT2D eigenvalue weighted by Gasteiger charge is -2.12. The molecule has 0 fully saturated rings. The second-order valence-corrected chi connectivity index (χ2v) is 7.04. The number of halogens is 3. The minimum absolute atomic E-state index is 0.0823. The van der Waals surface area contributed by atoms with Gasteiger partial charge in [-0.1, -0.05) is 30.3 Å². The largest absolute Gasteiger partial charge is 0.417 e. The average molecular weight is 376 g/mol. The molecule has 1 aliphatic rings. The molecular formula is C19H15F3N2OS. The monoisotopic (exact) mass is 376 g/mol. The second kappa shape index (κ2) is 7.34. The number of anilines is 1. The maximum atomic E-state index is 13.3. The first kappa shape index (κ1) is 18.2. The van der Waals surface area contributed by atoms with Crippen molar-refractivity contribution in [1.29, 1.82) is 5.26 Å². The van der Waals surface area contributed by atoms with Gasteiger partial charge in [-0.25, -0.2) is 0 Å². The first-order chi connectivity index (χ1) is 12.4. The highest BCUT2D eigenvalue weighted by molar-refractivity contribution is 7.16. The molecule has 1 aromatic carbocycles. The number of nitriles is 1. The van der Waals surface area contributed by atoms with Gasteiger partial charge in [-0.15, -0.1) is 11.3 Å². The summed E-state index contributed by atoms with van der Waals surface area (Å²) in [6, 6.07) is 9.25. The van der Waals surface area contributed by atoms with Gasteiger partial charge in [0.1, 0.15) is 11.1 Å². The van der Waals surface area contributed by atoms with E-state index in [2.05, 4.69) is 11.4 Å². The molecule has 0 radical (unpaired) electrons. The van der Waals surface area contributed by atoms with Crippen LogP contribution in [0.5, 0.6) is 0 Å². The molecule has 0 saturated carbocycles. The number of fused-ring (bicyclic) bond motifs is 1. The van der Waals surface area contributed by atoms with Gasteiger partial charge in [-0.05, 0) is 36.8 Å². The number of allylic oxidation sites excluding steroid dienone is 1. The van der Waals surface area contributed by atoms with E-state index in [0.717, 1.165) is 36.1 Å². The van der Waals surface area contributed by atoms with E-state index >= 15 is 0 Å². The van der Waals surface area contributed by atoms with E-state index < -0.39 is 17.7 Å². The van der Waals surface area contributed by atoms with Crippen molar-refractivity contribution in [3.63, 3.8) is 0 Å². The molecule has 0 spiro atoms. The summed E-state index contributed by atoms with van der Waals surface area (Å²) in [4.78, 5) is 13.3. The summed E-state index contributed by atoms with van der Waals surface area (Å²) in [5.74, 6) is -0.892. The van der Waals surface area contributed by atoms with Crippen molar-refractivity contribution in [2.24, 2.45) is 0 Å². The van der Waals surface area contributed by atoms with Gasteiger partial charge in [0.2, 0.25) is 5.91 Å². The van der Waals surface area contributed by atoms with Crippen LogP contribution >= 0.6 is 11.3 Å². The number of aryl methyl sites for hydroxylation is 1. The predicted octanol–water partition coefficient (Wildman–Crippen LogP) is 5.08. The molecule has 3 rings (SSSR count). The average Bonchev–Trinajstić information content (AvgIpc) is 2.96. The van der Waals surface area contributed by atoms with Crippen LogP contribution < -0.4 is 5.32 Å². The zero-order chi connectivity index (χ0) is 18.7. The Balaban J connectivity index is 1.91. The summed E-state index contributed by atoms with van der Waals surface area (Å²) in [7, 11) is 0. The molecule has 0 saturated heterocycles. The summed E-state index contributed by atoms with van der Waals surface area (Å²) >= 11 is 1.28. The molecular weight excluding hydrogens is 361 g/mol. The smallest absolute Gasteiger partial charge is 0.313 e. The first-order valence-corrected chi connectivity index (χ1v) is 8.91. The van der Waals surface area contributed by atoms with E-state index in [1.807, 2.05) is 0 Å². The quantitative estimate of drug-likeness (QED) is 0.759. The molecule has 0 atom stereocenters. The van der Waals surface area contributed by atoms with Crippen LogP contribution in [0.25, 0.3) is 5.57 Å². The number of hydrogen-bond donors (Lipinski definition) is 1. The molecule has 26 heavy (non-hydrogen) atoms. The lowest BCUT2D eigenvalue weighted by molar-refractivity contribution is -0.112. The zero-order valence-corrected chi connectivity index (χ0v) is 14.5. The fourth-order valence-electron chi connectivity index (χ4n) is 3.00. The maximum Gasteiger partial charge on any atom is 0.417 e.